The first-order valence-corrected chi connectivity index (χ1v) is 21.8. The molecule has 316 valence electrons. The lowest BCUT2D eigenvalue weighted by Gasteiger charge is -2.09. The van der Waals surface area contributed by atoms with E-state index in [1.807, 2.05) is 0 Å². The van der Waals surface area contributed by atoms with E-state index in [0.717, 1.165) is 18.0 Å². The second kappa shape index (κ2) is 18.5. The molecule has 0 spiro atoms. The molecular formula is C39H36ClF2N11O6S2. The van der Waals surface area contributed by atoms with Gasteiger partial charge in [-0.25, -0.2) is 45.6 Å². The minimum Gasteiger partial charge on any atom is -0.497 e. The molecule has 0 aliphatic carbocycles. The summed E-state index contributed by atoms with van der Waals surface area (Å²) >= 11 is 5.68. The Labute approximate surface area is 352 Å². The van der Waals surface area contributed by atoms with Crippen molar-refractivity contribution < 1.29 is 35.1 Å². The average Bonchev–Trinajstić information content (AvgIpc) is 3.80. The van der Waals surface area contributed by atoms with Crippen LogP contribution in [0.4, 0.5) is 37.7 Å². The largest absolute Gasteiger partial charge is 0.497 e. The summed E-state index contributed by atoms with van der Waals surface area (Å²) in [4.78, 5) is 16.8. The Bertz CT molecular complexity index is 3080. The van der Waals surface area contributed by atoms with E-state index in [1.165, 1.54) is 62.9 Å². The molecule has 22 heteroatoms. The quantitative estimate of drug-likeness (QED) is 0.0699. The van der Waals surface area contributed by atoms with Crippen LogP contribution in [0.25, 0.3) is 21.8 Å². The molecule has 0 atom stereocenters. The molecule has 61 heavy (non-hydrogen) atoms. The third-order valence-corrected chi connectivity index (χ3v) is 10.8. The number of hydrogen-bond donors (Lipinski definition) is 5. The van der Waals surface area contributed by atoms with Crippen LogP contribution in [0.15, 0.2) is 107 Å². The van der Waals surface area contributed by atoms with Crippen LogP contribution in [0.1, 0.15) is 11.4 Å². The first-order valence-electron chi connectivity index (χ1n) is 17.6. The number of aromatic nitrogens is 8. The number of ether oxygens (including phenoxy) is 2. The molecule has 0 saturated carbocycles. The van der Waals surface area contributed by atoms with Gasteiger partial charge in [0.15, 0.2) is 31.3 Å². The molecule has 0 aliphatic rings. The molecule has 6 N–H and O–H groups in total. The van der Waals surface area contributed by atoms with Gasteiger partial charge in [0.2, 0.25) is 5.28 Å². The number of sulfone groups is 2. The maximum Gasteiger partial charge on any atom is 0.224 e. The smallest absolute Gasteiger partial charge is 0.224 e. The Kier molecular flexibility index (Phi) is 13.2. The van der Waals surface area contributed by atoms with Crippen LogP contribution in [0.2, 0.25) is 5.28 Å². The molecule has 0 unspecified atom stereocenters. The summed E-state index contributed by atoms with van der Waals surface area (Å²) in [5.41, 5.74) is 7.98. The number of nitrogen functional groups attached to an aromatic ring is 1. The zero-order valence-electron chi connectivity index (χ0n) is 32.6. The first-order chi connectivity index (χ1) is 29.0. The Morgan fingerprint density at radius 3 is 1.70 bits per heavy atom. The minimum atomic E-state index is -3.39. The predicted molar refractivity (Wildman–Crippen MR) is 227 cm³/mol. The minimum absolute atomic E-state index is 0.131. The van der Waals surface area contributed by atoms with E-state index in [9.17, 15) is 25.6 Å². The third-order valence-electron chi connectivity index (χ3n) is 8.41. The van der Waals surface area contributed by atoms with E-state index in [0.29, 0.717) is 74.6 Å². The summed E-state index contributed by atoms with van der Waals surface area (Å²) in [6.45, 7) is 0. The van der Waals surface area contributed by atoms with Crippen molar-refractivity contribution in [2.24, 2.45) is 0 Å². The fourth-order valence-electron chi connectivity index (χ4n) is 5.54. The molecular weight excluding hydrogens is 856 g/mol. The molecule has 0 aliphatic heterocycles. The Balaban J connectivity index is 0.000000170. The van der Waals surface area contributed by atoms with Crippen molar-refractivity contribution in [3.05, 3.63) is 126 Å². The lowest BCUT2D eigenvalue weighted by atomic mass is 10.1. The molecule has 4 aromatic heterocycles. The number of hydrogen-bond acceptors (Lipinski definition) is 15. The number of rotatable bonds is 10. The van der Waals surface area contributed by atoms with Gasteiger partial charge in [0.05, 0.1) is 35.0 Å². The number of methoxy groups -OCH3 is 2. The molecule has 4 heterocycles. The number of nitrogens with two attached hydrogens (primary N) is 1. The fraction of sp³-hybridized carbons (Fsp3) is 0.128. The van der Waals surface area contributed by atoms with Crippen LogP contribution < -0.4 is 25.8 Å². The number of benzene rings is 4. The van der Waals surface area contributed by atoms with E-state index >= 15 is 0 Å². The molecule has 0 radical (unpaired) electrons. The van der Waals surface area contributed by atoms with Crippen molar-refractivity contribution in [2.75, 3.05) is 43.1 Å². The summed E-state index contributed by atoms with van der Waals surface area (Å²) in [5, 5.41) is 21.2. The molecule has 8 rings (SSSR count). The van der Waals surface area contributed by atoms with Gasteiger partial charge in [-0.05, 0) is 96.0 Å². The fourth-order valence-corrected chi connectivity index (χ4v) is 7.06. The van der Waals surface area contributed by atoms with Crippen LogP contribution in [0.3, 0.4) is 0 Å². The first kappa shape index (κ1) is 43.6. The van der Waals surface area contributed by atoms with Crippen LogP contribution in [0, 0.1) is 11.6 Å². The summed E-state index contributed by atoms with van der Waals surface area (Å²) < 4.78 is 83.0. The lowest BCUT2D eigenvalue weighted by Crippen LogP contribution is -2.03. The highest BCUT2D eigenvalue weighted by molar-refractivity contribution is 7.91. The van der Waals surface area contributed by atoms with Gasteiger partial charge in [0, 0.05) is 53.9 Å². The summed E-state index contributed by atoms with van der Waals surface area (Å²) in [6, 6.07) is 21.2. The van der Waals surface area contributed by atoms with Gasteiger partial charge in [-0.3, -0.25) is 10.2 Å². The second-order valence-corrected chi connectivity index (χ2v) is 17.4. The normalized spacial score (nSPS) is 11.3. The van der Waals surface area contributed by atoms with E-state index in [4.69, 9.17) is 26.8 Å². The monoisotopic (exact) mass is 891 g/mol. The molecule has 17 nitrogen and oxygen atoms in total. The van der Waals surface area contributed by atoms with Crippen LogP contribution >= 0.6 is 11.6 Å². The van der Waals surface area contributed by atoms with E-state index in [2.05, 4.69) is 51.0 Å². The van der Waals surface area contributed by atoms with Gasteiger partial charge in [0.1, 0.15) is 40.6 Å². The maximum atomic E-state index is 13.6. The van der Waals surface area contributed by atoms with Crippen LogP contribution in [-0.2, 0) is 26.1 Å². The van der Waals surface area contributed by atoms with Gasteiger partial charge in [-0.2, -0.15) is 10.2 Å². The molecule has 0 fully saturated rings. The number of H-pyrrole nitrogens is 2. The van der Waals surface area contributed by atoms with E-state index in [-0.39, 0.29) is 26.7 Å². The predicted octanol–water partition coefficient (Wildman–Crippen LogP) is 6.81. The third kappa shape index (κ3) is 11.6. The van der Waals surface area contributed by atoms with Crippen molar-refractivity contribution in [3.8, 4) is 11.5 Å². The highest BCUT2D eigenvalue weighted by Gasteiger charge is 2.14. The number of aromatic amines is 2. The SMILES string of the molecule is COc1cc(Cc2nccc(Nc3n[nH]c4ccc(F)cc34)n2)cc(S(C)(=O)=O)c1.COc1cc(N)cc(S(C)(=O)=O)c1.Fc1ccc2[nH]nc(Nc3ccnc(Cl)n3)c2c1. The topological polar surface area (TPSA) is 246 Å². The molecule has 8 aromatic rings. The zero-order chi connectivity index (χ0) is 43.9. The standard InChI is InChI=1S/C20H18FN5O3S.C11H7ClFN5.C8H11NO3S/c1-29-14-7-12(8-15(11-14)30(2,27)28)9-19-22-6-5-18(23-19)24-20-16-10-13(21)3-4-17(16)25-26-20;12-11-14-4-3-9(16-11)15-10-7-5-6(13)1-2-8(7)17-18-10;1-12-7-3-6(9)4-8(5-7)13(2,10)11/h3-8,10-11H,9H2,1-2H3,(H2,22,23,24,25,26);1-5H,(H2,14,15,16,17,18);3-5H,9H2,1-2H3. The number of anilines is 5. The summed E-state index contributed by atoms with van der Waals surface area (Å²) in [5.74, 6) is 2.56. The zero-order valence-corrected chi connectivity index (χ0v) is 35.0. The average molecular weight is 892 g/mol. The molecule has 0 saturated heterocycles. The van der Waals surface area contributed by atoms with Gasteiger partial charge in [-0.15, -0.1) is 0 Å². The Morgan fingerprint density at radius 2 is 1.18 bits per heavy atom. The van der Waals surface area contributed by atoms with Gasteiger partial charge in [0.25, 0.3) is 0 Å². The van der Waals surface area contributed by atoms with Gasteiger partial charge in [-0.1, -0.05) is 0 Å². The van der Waals surface area contributed by atoms with Crippen molar-refractivity contribution >= 4 is 82.0 Å². The maximum absolute atomic E-state index is 13.6. The van der Waals surface area contributed by atoms with Crippen molar-refractivity contribution in [1.29, 1.82) is 0 Å². The Hall–Kier alpha value is -6.97. The molecule has 0 bridgehead atoms. The van der Waals surface area contributed by atoms with Gasteiger partial charge >= 0.3 is 0 Å². The van der Waals surface area contributed by atoms with Gasteiger partial charge < -0.3 is 25.8 Å². The Morgan fingerprint density at radius 1 is 0.672 bits per heavy atom. The van der Waals surface area contributed by atoms with E-state index in [1.54, 1.807) is 48.7 Å². The van der Waals surface area contributed by atoms with Crippen molar-refractivity contribution in [1.82, 2.24) is 40.3 Å². The number of halogens is 3. The van der Waals surface area contributed by atoms with Crippen molar-refractivity contribution in [2.45, 2.75) is 16.2 Å². The van der Waals surface area contributed by atoms with E-state index < -0.39 is 19.7 Å². The summed E-state index contributed by atoms with van der Waals surface area (Å²) in [7, 11) is -3.68. The van der Waals surface area contributed by atoms with Crippen LogP contribution in [-0.4, -0.2) is 83.9 Å². The van der Waals surface area contributed by atoms with Crippen LogP contribution in [0.5, 0.6) is 11.5 Å². The number of nitrogens with zero attached hydrogens (tertiary/aromatic N) is 6. The number of nitrogens with one attached hydrogen (secondary N) is 4. The molecule has 0 amide bonds. The molecule has 4 aromatic carbocycles. The van der Waals surface area contributed by atoms with Crippen molar-refractivity contribution in [3.63, 3.8) is 0 Å². The lowest BCUT2D eigenvalue weighted by molar-refractivity contribution is 0.413. The number of fused-ring (bicyclic) bond motifs is 2. The highest BCUT2D eigenvalue weighted by Crippen LogP contribution is 2.27. The summed E-state index contributed by atoms with van der Waals surface area (Å²) in [6.07, 6.45) is 5.67. The highest BCUT2D eigenvalue weighted by atomic mass is 35.5. The second-order valence-electron chi connectivity index (χ2n) is 13.0.